The lowest BCUT2D eigenvalue weighted by atomic mass is 10.2. The van der Waals surface area contributed by atoms with E-state index in [1.165, 1.54) is 7.11 Å². The second kappa shape index (κ2) is 11.5. The van der Waals surface area contributed by atoms with Crippen molar-refractivity contribution in [2.24, 2.45) is 0 Å². The van der Waals surface area contributed by atoms with E-state index in [-0.39, 0.29) is 13.0 Å². The lowest BCUT2D eigenvalue weighted by Crippen LogP contribution is -2.42. The molecule has 30 heavy (non-hydrogen) atoms. The Labute approximate surface area is 187 Å². The summed E-state index contributed by atoms with van der Waals surface area (Å²) in [6.45, 7) is 9.82. The van der Waals surface area contributed by atoms with Crippen molar-refractivity contribution >= 4 is 47.0 Å². The molecule has 0 bridgehead atoms. The van der Waals surface area contributed by atoms with Gasteiger partial charge in [-0.3, -0.25) is 0 Å². The zero-order valence-electron chi connectivity index (χ0n) is 18.9. The maximum atomic E-state index is 12.2. The molecule has 1 amide bonds. The normalized spacial score (nSPS) is 13.4. The van der Waals surface area contributed by atoms with Gasteiger partial charge < -0.3 is 23.2 Å². The minimum Gasteiger partial charge on any atom is -0.467 e. The predicted molar refractivity (Wildman–Crippen MR) is 128 cm³/mol. The van der Waals surface area contributed by atoms with Gasteiger partial charge in [0, 0.05) is 6.16 Å². The monoisotopic (exact) mass is 491 g/mol. The quantitative estimate of drug-likeness (QED) is 0.269. The number of hydrogen-bond donors (Lipinski definition) is 1. The molecule has 0 aliphatic heterocycles. The third-order valence-electron chi connectivity index (χ3n) is 3.51. The molecular weight excluding hydrogens is 457 g/mol. The Balaban J connectivity index is 2.80. The zero-order valence-corrected chi connectivity index (χ0v) is 22.6. The average molecular weight is 492 g/mol. The van der Waals surface area contributed by atoms with E-state index in [9.17, 15) is 9.59 Å². The van der Waals surface area contributed by atoms with Gasteiger partial charge in [-0.2, -0.15) is 0 Å². The fraction of sp³-hybridized carbons (Fsp3) is 0.579. The third kappa shape index (κ3) is 11.4. The van der Waals surface area contributed by atoms with Crippen LogP contribution in [0.2, 0.25) is 39.3 Å². The van der Waals surface area contributed by atoms with Gasteiger partial charge in [0.2, 0.25) is 0 Å². The first-order chi connectivity index (χ1) is 13.7. The van der Waals surface area contributed by atoms with E-state index in [1.54, 1.807) is 0 Å². The average Bonchev–Trinajstić information content (AvgIpc) is 2.60. The van der Waals surface area contributed by atoms with Gasteiger partial charge in [-0.15, -0.1) is 0 Å². The van der Waals surface area contributed by atoms with Gasteiger partial charge in [0.05, 0.1) is 7.11 Å². The van der Waals surface area contributed by atoms with Crippen molar-refractivity contribution in [2.75, 3.05) is 13.3 Å². The number of alkyl carbamates (subject to hydrolysis) is 1. The third-order valence-corrected chi connectivity index (χ3v) is 12.8. The van der Waals surface area contributed by atoms with Crippen LogP contribution in [0, 0.1) is 0 Å². The fourth-order valence-electron chi connectivity index (χ4n) is 2.53. The van der Waals surface area contributed by atoms with Gasteiger partial charge in [-0.05, 0) is 63.1 Å². The summed E-state index contributed by atoms with van der Waals surface area (Å²) >= 11 is 5.81. The number of amides is 1. The highest BCUT2D eigenvalue weighted by atomic mass is 32.5. The fourth-order valence-corrected chi connectivity index (χ4v) is 15.3. The molecule has 0 spiro atoms. The van der Waals surface area contributed by atoms with Crippen molar-refractivity contribution in [3.05, 3.63) is 35.9 Å². The van der Waals surface area contributed by atoms with Crippen LogP contribution in [0.5, 0.6) is 0 Å². The second-order valence-corrected chi connectivity index (χ2v) is 22.1. The topological polar surface area (TPSA) is 83.1 Å². The summed E-state index contributed by atoms with van der Waals surface area (Å²) < 4.78 is 22.6. The largest absolute Gasteiger partial charge is 0.467 e. The molecule has 1 aromatic rings. The number of methoxy groups -OCH3 is 1. The SMILES string of the molecule is COC(=O)[C@H](CCP(=S)(O[Si](C)(C)C)O[Si](C)(C)C)NC(=O)OCc1ccccc1. The molecule has 1 atom stereocenters. The minimum atomic E-state index is -2.62. The van der Waals surface area contributed by atoms with Crippen molar-refractivity contribution in [3.8, 4) is 0 Å². The number of esters is 1. The molecule has 0 radical (unpaired) electrons. The summed E-state index contributed by atoms with van der Waals surface area (Å²) in [5, 5.41) is 2.58. The van der Waals surface area contributed by atoms with Crippen LogP contribution >= 0.6 is 6.49 Å². The van der Waals surface area contributed by atoms with Crippen LogP contribution in [0.15, 0.2) is 30.3 Å². The van der Waals surface area contributed by atoms with E-state index in [1.807, 2.05) is 30.3 Å². The van der Waals surface area contributed by atoms with Crippen LogP contribution in [0.3, 0.4) is 0 Å². The molecule has 0 aliphatic rings. The van der Waals surface area contributed by atoms with Crippen LogP contribution in [0.25, 0.3) is 0 Å². The summed E-state index contributed by atoms with van der Waals surface area (Å²) in [6, 6.07) is 8.41. The van der Waals surface area contributed by atoms with Crippen LogP contribution in [0.1, 0.15) is 12.0 Å². The van der Waals surface area contributed by atoms with E-state index < -0.39 is 41.2 Å². The Bertz CT molecular complexity index is 732. The van der Waals surface area contributed by atoms with Gasteiger partial charge >= 0.3 is 12.1 Å². The van der Waals surface area contributed by atoms with Crippen molar-refractivity contribution in [3.63, 3.8) is 0 Å². The molecule has 0 saturated heterocycles. The Morgan fingerprint density at radius 3 is 2.03 bits per heavy atom. The molecule has 7 nitrogen and oxygen atoms in total. The lowest BCUT2D eigenvalue weighted by molar-refractivity contribution is -0.143. The minimum absolute atomic E-state index is 0.107. The van der Waals surface area contributed by atoms with Gasteiger partial charge in [0.15, 0.2) is 23.1 Å². The van der Waals surface area contributed by atoms with Crippen molar-refractivity contribution < 1.29 is 27.5 Å². The van der Waals surface area contributed by atoms with E-state index in [0.29, 0.717) is 6.16 Å². The van der Waals surface area contributed by atoms with E-state index in [2.05, 4.69) is 44.6 Å². The number of carbonyl (C=O) groups is 2. The Kier molecular flexibility index (Phi) is 10.4. The first kappa shape index (κ1) is 27.0. The molecule has 11 heteroatoms. The van der Waals surface area contributed by atoms with Crippen molar-refractivity contribution in [1.82, 2.24) is 5.32 Å². The van der Waals surface area contributed by atoms with E-state index in [0.717, 1.165) is 5.56 Å². The predicted octanol–water partition coefficient (Wildman–Crippen LogP) is 4.86. The van der Waals surface area contributed by atoms with E-state index >= 15 is 0 Å². The molecule has 1 aromatic carbocycles. The van der Waals surface area contributed by atoms with Gasteiger partial charge in [-0.25, -0.2) is 9.59 Å². The molecule has 0 heterocycles. The summed E-state index contributed by atoms with van der Waals surface area (Å²) in [5.41, 5.74) is 0.852. The van der Waals surface area contributed by atoms with Crippen molar-refractivity contribution in [1.29, 1.82) is 0 Å². The smallest absolute Gasteiger partial charge is 0.408 e. The van der Waals surface area contributed by atoms with Crippen molar-refractivity contribution in [2.45, 2.75) is 58.4 Å². The molecule has 170 valence electrons. The number of hydrogen-bond acceptors (Lipinski definition) is 7. The summed E-state index contributed by atoms with van der Waals surface area (Å²) in [4.78, 5) is 24.5. The Morgan fingerprint density at radius 1 is 1.03 bits per heavy atom. The number of rotatable bonds is 11. The van der Waals surface area contributed by atoms with Gasteiger partial charge in [-0.1, -0.05) is 30.3 Å². The van der Waals surface area contributed by atoms with Gasteiger partial charge in [0.1, 0.15) is 12.6 Å². The van der Waals surface area contributed by atoms with E-state index in [4.69, 9.17) is 29.7 Å². The molecule has 0 saturated carbocycles. The number of benzene rings is 1. The standard InChI is InChI=1S/C19H34NO6PSSi2/c1-23-18(21)17(20-19(22)24-15-16-11-9-8-10-12-16)13-14-27(28,25-29(2,3)4)26-30(5,6)7/h8-12,17H,13-15H2,1-7H3,(H,20,22)/t17-/m0/s1. The maximum absolute atomic E-state index is 12.2. The molecule has 0 aromatic heterocycles. The zero-order chi connectivity index (χ0) is 23.0. The second-order valence-electron chi connectivity index (χ2n) is 8.81. The number of nitrogens with one attached hydrogen (secondary N) is 1. The highest BCUT2D eigenvalue weighted by Gasteiger charge is 2.34. The highest BCUT2D eigenvalue weighted by Crippen LogP contribution is 2.53. The number of ether oxygens (including phenoxy) is 2. The summed E-state index contributed by atoms with van der Waals surface area (Å²) in [6.07, 6.45) is -0.0885. The Hall–Kier alpha value is -1.04. The molecule has 1 N–H and O–H groups in total. The molecule has 0 unspecified atom stereocenters. The first-order valence-corrected chi connectivity index (χ1v) is 19.4. The lowest BCUT2D eigenvalue weighted by Gasteiger charge is -2.34. The molecule has 1 rings (SSSR count). The number of carbonyl (C=O) groups excluding carboxylic acids is 2. The molecule has 0 fully saturated rings. The molecular formula is C19H34NO6PSSi2. The van der Waals surface area contributed by atoms with Crippen LogP contribution < -0.4 is 5.32 Å². The Morgan fingerprint density at radius 2 is 1.57 bits per heavy atom. The van der Waals surface area contributed by atoms with Crippen LogP contribution in [-0.4, -0.2) is 48.0 Å². The van der Waals surface area contributed by atoms with Gasteiger partial charge in [0.25, 0.3) is 0 Å². The molecule has 0 aliphatic carbocycles. The summed E-state index contributed by atoms with van der Waals surface area (Å²) in [7, 11) is -2.66. The summed E-state index contributed by atoms with van der Waals surface area (Å²) in [5.74, 6) is -0.561. The maximum Gasteiger partial charge on any atom is 0.408 e. The first-order valence-electron chi connectivity index (χ1n) is 9.79. The highest BCUT2D eigenvalue weighted by molar-refractivity contribution is 8.10. The van der Waals surface area contributed by atoms with Crippen LogP contribution in [-0.2, 0) is 41.1 Å². The van der Waals surface area contributed by atoms with Crippen LogP contribution in [0.4, 0.5) is 4.79 Å².